The second kappa shape index (κ2) is 7.42. The van der Waals surface area contributed by atoms with Crippen molar-refractivity contribution < 1.29 is 22.8 Å². The van der Waals surface area contributed by atoms with Crippen LogP contribution in [0, 0.1) is 5.92 Å². The molecule has 1 aliphatic rings. The Kier molecular flexibility index (Phi) is 5.21. The Morgan fingerprint density at radius 2 is 1.89 bits per heavy atom. The molecule has 1 N–H and O–H groups in total. The number of carbonyl (C=O) groups excluding carboxylic acids is 2. The highest BCUT2D eigenvalue weighted by Gasteiger charge is 2.36. The SMILES string of the molecule is CCc1ccc(NC(=O)C2CC(=O)N(c3cccc(C(F)(F)F)c3)C2)cc1. The fraction of sp³-hybridized carbons (Fsp3) is 0.300. The van der Waals surface area contributed by atoms with Crippen LogP contribution in [0.3, 0.4) is 0 Å². The predicted molar refractivity (Wildman–Crippen MR) is 96.4 cm³/mol. The minimum absolute atomic E-state index is 0.0326. The maximum absolute atomic E-state index is 12.9. The molecule has 2 amide bonds. The van der Waals surface area contributed by atoms with Crippen LogP contribution >= 0.6 is 0 Å². The van der Waals surface area contributed by atoms with Crippen molar-refractivity contribution in [3.63, 3.8) is 0 Å². The fourth-order valence-corrected chi connectivity index (χ4v) is 3.05. The van der Waals surface area contributed by atoms with Gasteiger partial charge in [-0.2, -0.15) is 13.2 Å². The minimum atomic E-state index is -4.49. The summed E-state index contributed by atoms with van der Waals surface area (Å²) in [6.07, 6.45) is -3.63. The van der Waals surface area contributed by atoms with Crippen LogP contribution in [0.15, 0.2) is 48.5 Å². The van der Waals surface area contributed by atoms with Gasteiger partial charge in [-0.15, -0.1) is 0 Å². The summed E-state index contributed by atoms with van der Waals surface area (Å²) in [7, 11) is 0. The van der Waals surface area contributed by atoms with Gasteiger partial charge in [0.1, 0.15) is 0 Å². The van der Waals surface area contributed by atoms with E-state index in [1.54, 1.807) is 12.1 Å². The van der Waals surface area contributed by atoms with E-state index in [9.17, 15) is 22.8 Å². The van der Waals surface area contributed by atoms with E-state index in [1.165, 1.54) is 17.0 Å². The maximum Gasteiger partial charge on any atom is 0.416 e. The Hall–Kier alpha value is -2.83. The van der Waals surface area contributed by atoms with E-state index in [2.05, 4.69) is 5.32 Å². The molecule has 7 heteroatoms. The Morgan fingerprint density at radius 1 is 1.19 bits per heavy atom. The van der Waals surface area contributed by atoms with Crippen LogP contribution < -0.4 is 10.2 Å². The number of rotatable bonds is 4. The third kappa shape index (κ3) is 4.30. The van der Waals surface area contributed by atoms with Crippen LogP contribution in [0.5, 0.6) is 0 Å². The van der Waals surface area contributed by atoms with Gasteiger partial charge in [0.25, 0.3) is 0 Å². The summed E-state index contributed by atoms with van der Waals surface area (Å²) >= 11 is 0. The van der Waals surface area contributed by atoms with Crippen LogP contribution in [-0.4, -0.2) is 18.4 Å². The maximum atomic E-state index is 12.9. The van der Waals surface area contributed by atoms with Gasteiger partial charge in [-0.05, 0) is 42.3 Å². The summed E-state index contributed by atoms with van der Waals surface area (Å²) in [5.41, 5.74) is 1.09. The van der Waals surface area contributed by atoms with E-state index in [1.807, 2.05) is 19.1 Å². The Balaban J connectivity index is 1.70. The molecule has 0 saturated carbocycles. The molecule has 142 valence electrons. The first-order valence-corrected chi connectivity index (χ1v) is 8.65. The van der Waals surface area contributed by atoms with E-state index in [4.69, 9.17) is 0 Å². The van der Waals surface area contributed by atoms with Crippen LogP contribution in [0.25, 0.3) is 0 Å². The zero-order chi connectivity index (χ0) is 19.6. The third-order valence-corrected chi connectivity index (χ3v) is 4.61. The summed E-state index contributed by atoms with van der Waals surface area (Å²) in [6.45, 7) is 2.08. The molecule has 1 fully saturated rings. The van der Waals surface area contributed by atoms with Gasteiger partial charge >= 0.3 is 6.18 Å². The topological polar surface area (TPSA) is 49.4 Å². The molecule has 1 aliphatic heterocycles. The quantitative estimate of drug-likeness (QED) is 0.867. The number of nitrogens with one attached hydrogen (secondary N) is 1. The Labute approximate surface area is 155 Å². The summed E-state index contributed by atoms with van der Waals surface area (Å²) in [5, 5.41) is 2.77. The monoisotopic (exact) mass is 376 g/mol. The zero-order valence-electron chi connectivity index (χ0n) is 14.7. The van der Waals surface area contributed by atoms with Gasteiger partial charge < -0.3 is 10.2 Å². The lowest BCUT2D eigenvalue weighted by Crippen LogP contribution is -2.28. The number of aryl methyl sites for hydroxylation is 1. The average Bonchev–Trinajstić information content (AvgIpc) is 3.04. The molecule has 1 unspecified atom stereocenters. The molecule has 0 bridgehead atoms. The van der Waals surface area contributed by atoms with Crippen LogP contribution in [0.1, 0.15) is 24.5 Å². The van der Waals surface area contributed by atoms with Crippen molar-refractivity contribution in [2.24, 2.45) is 5.92 Å². The standard InChI is InChI=1S/C20H19F3N2O2/c1-2-13-6-8-16(9-7-13)24-19(27)14-10-18(26)25(12-14)17-5-3-4-15(11-17)20(21,22)23/h3-9,11,14H,2,10,12H2,1H3,(H,24,27). The lowest BCUT2D eigenvalue weighted by Gasteiger charge is -2.18. The van der Waals surface area contributed by atoms with Gasteiger partial charge in [-0.1, -0.05) is 25.1 Å². The first-order chi connectivity index (χ1) is 12.8. The Bertz CT molecular complexity index is 847. The predicted octanol–water partition coefficient (Wildman–Crippen LogP) is 4.26. The molecular weight excluding hydrogens is 357 g/mol. The molecule has 0 radical (unpaired) electrons. The molecule has 1 heterocycles. The lowest BCUT2D eigenvalue weighted by atomic mass is 10.1. The molecular formula is C20H19F3N2O2. The van der Waals surface area contributed by atoms with E-state index >= 15 is 0 Å². The van der Waals surface area contributed by atoms with Crippen molar-refractivity contribution in [2.45, 2.75) is 25.9 Å². The summed E-state index contributed by atoms with van der Waals surface area (Å²) in [6, 6.07) is 12.0. The van der Waals surface area contributed by atoms with Crippen LogP contribution in [0.2, 0.25) is 0 Å². The van der Waals surface area contributed by atoms with Crippen molar-refractivity contribution >= 4 is 23.2 Å². The number of nitrogens with zero attached hydrogens (tertiary/aromatic N) is 1. The van der Waals surface area contributed by atoms with Gasteiger partial charge in [0.15, 0.2) is 0 Å². The van der Waals surface area contributed by atoms with Crippen molar-refractivity contribution in [3.8, 4) is 0 Å². The molecule has 0 aromatic heterocycles. The second-order valence-electron chi connectivity index (χ2n) is 6.49. The highest BCUT2D eigenvalue weighted by Crippen LogP contribution is 2.33. The summed E-state index contributed by atoms with van der Waals surface area (Å²) in [4.78, 5) is 25.9. The van der Waals surface area contributed by atoms with Crippen LogP contribution in [-0.2, 0) is 22.2 Å². The molecule has 1 atom stereocenters. The first-order valence-electron chi connectivity index (χ1n) is 8.65. The number of hydrogen-bond donors (Lipinski definition) is 1. The van der Waals surface area contributed by atoms with Crippen molar-refractivity contribution in [1.29, 1.82) is 0 Å². The van der Waals surface area contributed by atoms with Crippen LogP contribution in [0.4, 0.5) is 24.5 Å². The lowest BCUT2D eigenvalue weighted by molar-refractivity contribution is -0.137. The molecule has 1 saturated heterocycles. The summed E-state index contributed by atoms with van der Waals surface area (Å²) < 4.78 is 38.7. The number of halogens is 3. The molecule has 3 rings (SSSR count). The van der Waals surface area contributed by atoms with Gasteiger partial charge in [0.2, 0.25) is 11.8 Å². The number of anilines is 2. The molecule has 2 aromatic rings. The molecule has 0 aliphatic carbocycles. The van der Waals surface area contributed by atoms with E-state index < -0.39 is 17.7 Å². The van der Waals surface area contributed by atoms with Crippen molar-refractivity contribution in [1.82, 2.24) is 0 Å². The smallest absolute Gasteiger partial charge is 0.326 e. The number of amides is 2. The van der Waals surface area contributed by atoms with Crippen molar-refractivity contribution in [2.75, 3.05) is 16.8 Å². The normalized spacial score (nSPS) is 17.3. The van der Waals surface area contributed by atoms with E-state index in [0.29, 0.717) is 5.69 Å². The van der Waals surface area contributed by atoms with Gasteiger partial charge in [0, 0.05) is 24.3 Å². The van der Waals surface area contributed by atoms with Gasteiger partial charge in [-0.3, -0.25) is 9.59 Å². The van der Waals surface area contributed by atoms with E-state index in [0.717, 1.165) is 24.1 Å². The number of benzene rings is 2. The van der Waals surface area contributed by atoms with Crippen molar-refractivity contribution in [3.05, 3.63) is 59.7 Å². The number of hydrogen-bond acceptors (Lipinski definition) is 2. The third-order valence-electron chi connectivity index (χ3n) is 4.61. The number of alkyl halides is 3. The molecule has 27 heavy (non-hydrogen) atoms. The van der Waals surface area contributed by atoms with E-state index in [-0.39, 0.29) is 30.5 Å². The van der Waals surface area contributed by atoms with Gasteiger partial charge in [-0.25, -0.2) is 0 Å². The molecule has 0 spiro atoms. The molecule has 2 aromatic carbocycles. The largest absolute Gasteiger partial charge is 0.416 e. The minimum Gasteiger partial charge on any atom is -0.326 e. The van der Waals surface area contributed by atoms with Gasteiger partial charge in [0.05, 0.1) is 11.5 Å². The Morgan fingerprint density at radius 3 is 2.52 bits per heavy atom. The highest BCUT2D eigenvalue weighted by atomic mass is 19.4. The summed E-state index contributed by atoms with van der Waals surface area (Å²) in [5.74, 6) is -1.30. The molecule has 4 nitrogen and oxygen atoms in total. The number of carbonyl (C=O) groups is 2. The fourth-order valence-electron chi connectivity index (χ4n) is 3.05. The first kappa shape index (κ1) is 18.9. The highest BCUT2D eigenvalue weighted by molar-refractivity contribution is 6.03. The second-order valence-corrected chi connectivity index (χ2v) is 6.49. The zero-order valence-corrected chi connectivity index (χ0v) is 14.7. The average molecular weight is 376 g/mol.